The summed E-state index contributed by atoms with van der Waals surface area (Å²) < 4.78 is 18.9. The van der Waals surface area contributed by atoms with Gasteiger partial charge in [0.15, 0.2) is 5.11 Å². The molecular weight excluding hydrogens is 323 g/mol. The minimum atomic E-state index is -0.315. The van der Waals surface area contributed by atoms with Gasteiger partial charge in [0, 0.05) is 11.4 Å². The highest BCUT2D eigenvalue weighted by Gasteiger charge is 2.01. The summed E-state index contributed by atoms with van der Waals surface area (Å²) in [6.07, 6.45) is 0. The van der Waals surface area contributed by atoms with Crippen molar-refractivity contribution in [3.63, 3.8) is 0 Å². The average molecular weight is 338 g/mol. The first-order chi connectivity index (χ1) is 11.7. The van der Waals surface area contributed by atoms with E-state index in [2.05, 4.69) is 10.6 Å². The van der Waals surface area contributed by atoms with Crippen molar-refractivity contribution >= 4 is 28.7 Å². The summed E-state index contributed by atoms with van der Waals surface area (Å²) in [5.41, 5.74) is 1.40. The Hall–Kier alpha value is -2.92. The molecule has 0 spiro atoms. The summed E-state index contributed by atoms with van der Waals surface area (Å²) in [5, 5.41) is 6.36. The molecule has 0 heterocycles. The van der Waals surface area contributed by atoms with Gasteiger partial charge in [-0.2, -0.15) is 0 Å². The van der Waals surface area contributed by atoms with E-state index in [1.165, 1.54) is 12.1 Å². The fourth-order valence-electron chi connectivity index (χ4n) is 2.09. The highest BCUT2D eigenvalue weighted by molar-refractivity contribution is 7.80. The SMILES string of the molecule is Fc1cccc(NC(=S)Nc2ccc(Oc3ccccc3)cc2)c1. The molecule has 5 heteroatoms. The third-order valence-corrected chi connectivity index (χ3v) is 3.38. The Labute approximate surface area is 145 Å². The predicted molar refractivity (Wildman–Crippen MR) is 99.2 cm³/mol. The first-order valence-corrected chi connectivity index (χ1v) is 7.76. The van der Waals surface area contributed by atoms with Crippen LogP contribution in [-0.4, -0.2) is 5.11 Å². The number of hydrogen-bond acceptors (Lipinski definition) is 2. The maximum Gasteiger partial charge on any atom is 0.175 e. The average Bonchev–Trinajstić information content (AvgIpc) is 2.57. The molecule has 3 aromatic rings. The van der Waals surface area contributed by atoms with Gasteiger partial charge in [0.1, 0.15) is 17.3 Å². The zero-order valence-electron chi connectivity index (χ0n) is 12.7. The molecule has 0 radical (unpaired) electrons. The molecular formula is C19H15FN2OS. The predicted octanol–water partition coefficient (Wildman–Crippen LogP) is 5.43. The van der Waals surface area contributed by atoms with Gasteiger partial charge in [0.25, 0.3) is 0 Å². The summed E-state index contributed by atoms with van der Waals surface area (Å²) in [6.45, 7) is 0. The highest BCUT2D eigenvalue weighted by atomic mass is 32.1. The molecule has 3 nitrogen and oxygen atoms in total. The van der Waals surface area contributed by atoms with E-state index in [1.54, 1.807) is 12.1 Å². The van der Waals surface area contributed by atoms with Crippen molar-refractivity contribution in [1.29, 1.82) is 0 Å². The molecule has 0 aliphatic carbocycles. The van der Waals surface area contributed by atoms with E-state index < -0.39 is 0 Å². The second-order valence-corrected chi connectivity index (χ2v) is 5.44. The second kappa shape index (κ2) is 7.57. The lowest BCUT2D eigenvalue weighted by Gasteiger charge is -2.11. The summed E-state index contributed by atoms with van der Waals surface area (Å²) in [5.74, 6) is 1.20. The van der Waals surface area contributed by atoms with Crippen LogP contribution in [0.15, 0.2) is 78.9 Å². The number of benzene rings is 3. The number of para-hydroxylation sites is 1. The molecule has 2 N–H and O–H groups in total. The van der Waals surface area contributed by atoms with Crippen LogP contribution in [0.3, 0.4) is 0 Å². The molecule has 120 valence electrons. The molecule has 0 saturated carbocycles. The van der Waals surface area contributed by atoms with Crippen LogP contribution in [0.4, 0.5) is 15.8 Å². The minimum absolute atomic E-state index is 0.315. The lowest BCUT2D eigenvalue weighted by Crippen LogP contribution is -2.19. The van der Waals surface area contributed by atoms with Crippen molar-refractivity contribution in [3.8, 4) is 11.5 Å². The quantitative estimate of drug-likeness (QED) is 0.622. The van der Waals surface area contributed by atoms with E-state index >= 15 is 0 Å². The van der Waals surface area contributed by atoms with Crippen LogP contribution in [0.2, 0.25) is 0 Å². The molecule has 0 fully saturated rings. The van der Waals surface area contributed by atoms with Crippen molar-refractivity contribution < 1.29 is 9.13 Å². The van der Waals surface area contributed by atoms with Gasteiger partial charge < -0.3 is 15.4 Å². The molecule has 0 unspecified atom stereocenters. The van der Waals surface area contributed by atoms with Gasteiger partial charge in [-0.3, -0.25) is 0 Å². The summed E-state index contributed by atoms with van der Waals surface area (Å²) in [7, 11) is 0. The molecule has 3 aromatic carbocycles. The number of hydrogen-bond donors (Lipinski definition) is 2. The molecule has 0 bridgehead atoms. The fourth-order valence-corrected chi connectivity index (χ4v) is 2.33. The van der Waals surface area contributed by atoms with Crippen molar-refractivity contribution in [1.82, 2.24) is 0 Å². The summed E-state index contributed by atoms with van der Waals surface area (Å²) in [6, 6.07) is 23.1. The van der Waals surface area contributed by atoms with Crippen LogP contribution in [0.25, 0.3) is 0 Å². The molecule has 0 aromatic heterocycles. The molecule has 24 heavy (non-hydrogen) atoms. The van der Waals surface area contributed by atoms with E-state index in [0.717, 1.165) is 17.2 Å². The number of halogens is 1. The van der Waals surface area contributed by atoms with Crippen LogP contribution in [-0.2, 0) is 0 Å². The number of rotatable bonds is 4. The Bertz CT molecular complexity index is 822. The number of nitrogens with one attached hydrogen (secondary N) is 2. The van der Waals surface area contributed by atoms with Crippen molar-refractivity contribution in [2.45, 2.75) is 0 Å². The van der Waals surface area contributed by atoms with Gasteiger partial charge in [-0.05, 0) is 66.8 Å². The molecule has 0 amide bonds. The Kier molecular flexibility index (Phi) is 5.03. The fraction of sp³-hybridized carbons (Fsp3) is 0. The van der Waals surface area contributed by atoms with Crippen molar-refractivity contribution in [3.05, 3.63) is 84.7 Å². The maximum absolute atomic E-state index is 13.2. The lowest BCUT2D eigenvalue weighted by atomic mass is 10.3. The highest BCUT2D eigenvalue weighted by Crippen LogP contribution is 2.22. The summed E-state index contributed by atoms with van der Waals surface area (Å²) >= 11 is 5.22. The van der Waals surface area contributed by atoms with Crippen LogP contribution in [0, 0.1) is 5.82 Å². The number of ether oxygens (including phenoxy) is 1. The van der Waals surface area contributed by atoms with E-state index in [0.29, 0.717) is 10.8 Å². The van der Waals surface area contributed by atoms with Gasteiger partial charge in [0.2, 0.25) is 0 Å². The van der Waals surface area contributed by atoms with Gasteiger partial charge >= 0.3 is 0 Å². The van der Waals surface area contributed by atoms with Gasteiger partial charge in [-0.15, -0.1) is 0 Å². The van der Waals surface area contributed by atoms with Gasteiger partial charge in [-0.25, -0.2) is 4.39 Å². The zero-order chi connectivity index (χ0) is 16.8. The van der Waals surface area contributed by atoms with Crippen molar-refractivity contribution in [2.75, 3.05) is 10.6 Å². The van der Waals surface area contributed by atoms with E-state index in [1.807, 2.05) is 54.6 Å². The number of thiocarbonyl (C=S) groups is 1. The lowest BCUT2D eigenvalue weighted by molar-refractivity contribution is 0.483. The third kappa shape index (κ3) is 4.54. The Morgan fingerprint density at radius 3 is 2.12 bits per heavy atom. The van der Waals surface area contributed by atoms with E-state index in [-0.39, 0.29) is 5.82 Å². The standard InChI is InChI=1S/C19H15FN2OS/c20-14-5-4-6-16(13-14)22-19(24)21-15-9-11-18(12-10-15)23-17-7-2-1-3-8-17/h1-13H,(H2,21,22,24). The maximum atomic E-state index is 13.2. The second-order valence-electron chi connectivity index (χ2n) is 5.03. The zero-order valence-corrected chi connectivity index (χ0v) is 13.5. The monoisotopic (exact) mass is 338 g/mol. The molecule has 0 aliphatic rings. The molecule has 0 aliphatic heterocycles. The van der Waals surface area contributed by atoms with Crippen LogP contribution >= 0.6 is 12.2 Å². The Morgan fingerprint density at radius 2 is 1.42 bits per heavy atom. The third-order valence-electron chi connectivity index (χ3n) is 3.17. The van der Waals surface area contributed by atoms with Crippen LogP contribution in [0.1, 0.15) is 0 Å². The summed E-state index contributed by atoms with van der Waals surface area (Å²) in [4.78, 5) is 0. The topological polar surface area (TPSA) is 33.3 Å². The van der Waals surface area contributed by atoms with E-state index in [4.69, 9.17) is 17.0 Å². The smallest absolute Gasteiger partial charge is 0.175 e. The Morgan fingerprint density at radius 1 is 0.750 bits per heavy atom. The van der Waals surface area contributed by atoms with Crippen LogP contribution in [0.5, 0.6) is 11.5 Å². The minimum Gasteiger partial charge on any atom is -0.457 e. The number of anilines is 2. The normalized spacial score (nSPS) is 10.0. The molecule has 3 rings (SSSR count). The van der Waals surface area contributed by atoms with E-state index in [9.17, 15) is 4.39 Å². The molecule has 0 atom stereocenters. The first-order valence-electron chi connectivity index (χ1n) is 7.35. The molecule has 0 saturated heterocycles. The van der Waals surface area contributed by atoms with Gasteiger partial charge in [0.05, 0.1) is 0 Å². The largest absolute Gasteiger partial charge is 0.457 e. The first kappa shape index (κ1) is 16.0. The van der Waals surface area contributed by atoms with Crippen LogP contribution < -0.4 is 15.4 Å². The van der Waals surface area contributed by atoms with Gasteiger partial charge in [-0.1, -0.05) is 24.3 Å². The van der Waals surface area contributed by atoms with Crippen molar-refractivity contribution in [2.24, 2.45) is 0 Å². The Balaban J connectivity index is 1.58.